The minimum Gasteiger partial charge on any atom is -0.324 e. The number of hydrogen-bond acceptors (Lipinski definition) is 2. The lowest BCUT2D eigenvalue weighted by molar-refractivity contribution is 0.438. The Bertz CT molecular complexity index is 881. The summed E-state index contributed by atoms with van der Waals surface area (Å²) >= 11 is 0. The zero-order valence-electron chi connectivity index (χ0n) is 14.9. The molecule has 0 atom stereocenters. The third kappa shape index (κ3) is 3.57. The van der Waals surface area contributed by atoms with Crippen LogP contribution >= 0.6 is 0 Å². The summed E-state index contributed by atoms with van der Waals surface area (Å²) in [5, 5.41) is 0. The third-order valence-corrected chi connectivity index (χ3v) is 4.18. The topological polar surface area (TPSA) is 43.8 Å². The van der Waals surface area contributed by atoms with Gasteiger partial charge in [-0.15, -0.1) is 0 Å². The van der Waals surface area contributed by atoms with E-state index < -0.39 is 0 Å². The molecule has 3 rings (SSSR count). The van der Waals surface area contributed by atoms with Crippen LogP contribution in [0.2, 0.25) is 0 Å². The molecule has 0 radical (unpaired) electrons. The van der Waals surface area contributed by atoms with E-state index in [4.69, 9.17) is 10.7 Å². The second-order valence-corrected chi connectivity index (χ2v) is 7.21. The summed E-state index contributed by atoms with van der Waals surface area (Å²) in [7, 11) is 0. The maximum atomic E-state index is 6.29. The van der Waals surface area contributed by atoms with E-state index in [1.54, 1.807) is 0 Å². The van der Waals surface area contributed by atoms with E-state index in [0.717, 1.165) is 29.0 Å². The van der Waals surface area contributed by atoms with E-state index in [1.165, 1.54) is 11.1 Å². The molecule has 0 amide bonds. The van der Waals surface area contributed by atoms with E-state index in [2.05, 4.69) is 54.8 Å². The van der Waals surface area contributed by atoms with Crippen molar-refractivity contribution in [2.24, 2.45) is 5.73 Å². The highest BCUT2D eigenvalue weighted by atomic mass is 15.1. The molecule has 3 nitrogen and oxygen atoms in total. The molecule has 0 spiro atoms. The Morgan fingerprint density at radius 1 is 1.04 bits per heavy atom. The highest BCUT2D eigenvalue weighted by Crippen LogP contribution is 2.23. The molecule has 2 aromatic carbocycles. The SMILES string of the molecule is Cc1cc2nc(/C=C/c3ccccc3)n(CC(C)(C)N)c2cc1C. The van der Waals surface area contributed by atoms with Crippen molar-refractivity contribution in [3.05, 3.63) is 65.0 Å². The summed E-state index contributed by atoms with van der Waals surface area (Å²) < 4.78 is 2.22. The Morgan fingerprint density at radius 3 is 2.38 bits per heavy atom. The number of aryl methyl sites for hydroxylation is 2. The normalized spacial score (nSPS) is 12.4. The number of rotatable bonds is 4. The molecule has 1 heterocycles. The maximum Gasteiger partial charge on any atom is 0.133 e. The monoisotopic (exact) mass is 319 g/mol. The van der Waals surface area contributed by atoms with Gasteiger partial charge in [-0.25, -0.2) is 4.98 Å². The van der Waals surface area contributed by atoms with Crippen LogP contribution in [0.1, 0.15) is 36.4 Å². The number of hydrogen-bond donors (Lipinski definition) is 1. The van der Waals surface area contributed by atoms with Crippen LogP contribution in [-0.4, -0.2) is 15.1 Å². The van der Waals surface area contributed by atoms with Crippen molar-refractivity contribution < 1.29 is 0 Å². The van der Waals surface area contributed by atoms with Crippen molar-refractivity contribution in [3.8, 4) is 0 Å². The van der Waals surface area contributed by atoms with Crippen molar-refractivity contribution in [1.82, 2.24) is 9.55 Å². The molecular weight excluding hydrogens is 294 g/mol. The van der Waals surface area contributed by atoms with Crippen LogP contribution in [0.25, 0.3) is 23.2 Å². The standard InChI is InChI=1S/C21H25N3/c1-15-12-18-19(13-16(15)2)24(14-21(3,4)22)20(23-18)11-10-17-8-6-5-7-9-17/h5-13H,14,22H2,1-4H3/b11-10+. The summed E-state index contributed by atoms with van der Waals surface area (Å²) in [5.41, 5.74) is 11.9. The molecule has 3 aromatic rings. The molecule has 0 aliphatic rings. The second-order valence-electron chi connectivity index (χ2n) is 7.21. The summed E-state index contributed by atoms with van der Waals surface area (Å²) in [5.74, 6) is 0.942. The van der Waals surface area contributed by atoms with E-state index in [-0.39, 0.29) is 5.54 Å². The number of nitrogens with two attached hydrogens (primary N) is 1. The minimum atomic E-state index is -0.304. The number of nitrogens with zero attached hydrogens (tertiary/aromatic N) is 2. The molecule has 24 heavy (non-hydrogen) atoms. The van der Waals surface area contributed by atoms with Crippen molar-refractivity contribution in [2.75, 3.05) is 0 Å². The first-order chi connectivity index (χ1) is 11.3. The quantitative estimate of drug-likeness (QED) is 0.766. The van der Waals surface area contributed by atoms with Crippen LogP contribution in [0, 0.1) is 13.8 Å². The first-order valence-electron chi connectivity index (χ1n) is 8.33. The first kappa shape index (κ1) is 16.5. The molecule has 0 saturated heterocycles. The lowest BCUT2D eigenvalue weighted by atomic mass is 10.1. The van der Waals surface area contributed by atoms with Gasteiger partial charge >= 0.3 is 0 Å². The van der Waals surface area contributed by atoms with Gasteiger partial charge in [0.2, 0.25) is 0 Å². The van der Waals surface area contributed by atoms with Crippen LogP contribution in [0.4, 0.5) is 0 Å². The van der Waals surface area contributed by atoms with Crippen molar-refractivity contribution in [2.45, 2.75) is 39.8 Å². The molecule has 0 aliphatic heterocycles. The molecule has 124 valence electrons. The van der Waals surface area contributed by atoms with E-state index in [0.29, 0.717) is 0 Å². The summed E-state index contributed by atoms with van der Waals surface area (Å²) in [6, 6.07) is 14.6. The van der Waals surface area contributed by atoms with Crippen LogP contribution in [0.15, 0.2) is 42.5 Å². The van der Waals surface area contributed by atoms with Gasteiger partial charge in [0.05, 0.1) is 11.0 Å². The van der Waals surface area contributed by atoms with Crippen LogP contribution in [-0.2, 0) is 6.54 Å². The maximum absolute atomic E-state index is 6.29. The predicted octanol–water partition coefficient (Wildman–Crippen LogP) is 4.56. The zero-order valence-corrected chi connectivity index (χ0v) is 14.9. The van der Waals surface area contributed by atoms with Crippen LogP contribution < -0.4 is 5.73 Å². The average molecular weight is 319 g/mol. The van der Waals surface area contributed by atoms with Gasteiger partial charge in [0.1, 0.15) is 5.82 Å². The molecule has 2 N–H and O–H groups in total. The van der Waals surface area contributed by atoms with Gasteiger partial charge in [-0.05, 0) is 62.6 Å². The molecule has 1 aromatic heterocycles. The lowest BCUT2D eigenvalue weighted by Crippen LogP contribution is -2.37. The van der Waals surface area contributed by atoms with Gasteiger partial charge in [-0.3, -0.25) is 0 Å². The van der Waals surface area contributed by atoms with Gasteiger partial charge in [0, 0.05) is 12.1 Å². The zero-order chi connectivity index (χ0) is 17.3. The first-order valence-corrected chi connectivity index (χ1v) is 8.33. The smallest absolute Gasteiger partial charge is 0.133 e. The number of benzene rings is 2. The Labute approximate surface area is 143 Å². The average Bonchev–Trinajstić information content (AvgIpc) is 2.82. The number of fused-ring (bicyclic) bond motifs is 1. The van der Waals surface area contributed by atoms with Crippen LogP contribution in [0.5, 0.6) is 0 Å². The summed E-state index contributed by atoms with van der Waals surface area (Å²) in [6.07, 6.45) is 4.17. The summed E-state index contributed by atoms with van der Waals surface area (Å²) in [6.45, 7) is 9.08. The Morgan fingerprint density at radius 2 is 1.71 bits per heavy atom. The largest absolute Gasteiger partial charge is 0.324 e. The fourth-order valence-electron chi connectivity index (χ4n) is 2.83. The summed E-state index contributed by atoms with van der Waals surface area (Å²) in [4.78, 5) is 4.83. The Balaban J connectivity index is 2.11. The van der Waals surface area contributed by atoms with Gasteiger partial charge in [-0.1, -0.05) is 36.4 Å². The third-order valence-electron chi connectivity index (χ3n) is 4.18. The predicted molar refractivity (Wildman–Crippen MR) is 103 cm³/mol. The number of aromatic nitrogens is 2. The fraction of sp³-hybridized carbons (Fsp3) is 0.286. The highest BCUT2D eigenvalue weighted by Gasteiger charge is 2.17. The molecule has 0 aliphatic carbocycles. The second kappa shape index (κ2) is 6.25. The Hall–Kier alpha value is -2.39. The van der Waals surface area contributed by atoms with E-state index >= 15 is 0 Å². The molecule has 0 fully saturated rings. The van der Waals surface area contributed by atoms with E-state index in [1.807, 2.05) is 32.0 Å². The highest BCUT2D eigenvalue weighted by molar-refractivity contribution is 5.81. The van der Waals surface area contributed by atoms with E-state index in [9.17, 15) is 0 Å². The van der Waals surface area contributed by atoms with Crippen molar-refractivity contribution >= 4 is 23.2 Å². The molecular formula is C21H25N3. The Kier molecular flexibility index (Phi) is 4.29. The van der Waals surface area contributed by atoms with Gasteiger partial charge in [-0.2, -0.15) is 0 Å². The van der Waals surface area contributed by atoms with Crippen LogP contribution in [0.3, 0.4) is 0 Å². The van der Waals surface area contributed by atoms with Crippen molar-refractivity contribution in [3.63, 3.8) is 0 Å². The van der Waals surface area contributed by atoms with Gasteiger partial charge in [0.15, 0.2) is 0 Å². The molecule has 3 heteroatoms. The minimum absolute atomic E-state index is 0.304. The van der Waals surface area contributed by atoms with Crippen molar-refractivity contribution in [1.29, 1.82) is 0 Å². The van der Waals surface area contributed by atoms with Gasteiger partial charge in [0.25, 0.3) is 0 Å². The number of imidazole rings is 1. The molecule has 0 bridgehead atoms. The molecule has 0 saturated carbocycles. The van der Waals surface area contributed by atoms with Gasteiger partial charge < -0.3 is 10.3 Å². The lowest BCUT2D eigenvalue weighted by Gasteiger charge is -2.21. The molecule has 0 unspecified atom stereocenters. The fourth-order valence-corrected chi connectivity index (χ4v) is 2.83.